The molecule has 0 saturated carbocycles. The zero-order chi connectivity index (χ0) is 12.6. The summed E-state index contributed by atoms with van der Waals surface area (Å²) in [6.45, 7) is 2.32. The highest BCUT2D eigenvalue weighted by molar-refractivity contribution is 7.92. The molecule has 1 atom stereocenters. The summed E-state index contributed by atoms with van der Waals surface area (Å²) in [5.74, 6) is -1.49. The molecule has 6 nitrogen and oxygen atoms in total. The molecule has 0 aliphatic rings. The summed E-state index contributed by atoms with van der Waals surface area (Å²) >= 11 is 0. The summed E-state index contributed by atoms with van der Waals surface area (Å²) in [4.78, 5) is 10.5. The van der Waals surface area contributed by atoms with Crippen LogP contribution in [0.15, 0.2) is 0 Å². The summed E-state index contributed by atoms with van der Waals surface area (Å²) in [5, 5.41) is 7.21. The van der Waals surface area contributed by atoms with Gasteiger partial charge in [-0.25, -0.2) is 8.42 Å². The number of hydrogen-bond acceptors (Lipinski definition) is 5. The highest BCUT2D eigenvalue weighted by Gasteiger charge is 2.26. The minimum absolute atomic E-state index is 0.173. The van der Waals surface area contributed by atoms with Crippen LogP contribution in [0.5, 0.6) is 0 Å². The second-order valence-corrected chi connectivity index (χ2v) is 5.75. The lowest BCUT2D eigenvalue weighted by atomic mass is 10.5. The SMILES string of the molecule is COCCOCCCS(=O)(=O)C(C)C(=O)O. The first kappa shape index (κ1) is 15.3. The van der Waals surface area contributed by atoms with Crippen molar-refractivity contribution in [3.8, 4) is 0 Å². The molecule has 7 heteroatoms. The monoisotopic (exact) mass is 254 g/mol. The number of methoxy groups -OCH3 is 1. The van der Waals surface area contributed by atoms with E-state index in [-0.39, 0.29) is 12.4 Å². The van der Waals surface area contributed by atoms with E-state index in [9.17, 15) is 13.2 Å². The molecular weight excluding hydrogens is 236 g/mol. The van der Waals surface area contributed by atoms with Crippen molar-refractivity contribution in [2.24, 2.45) is 0 Å². The lowest BCUT2D eigenvalue weighted by molar-refractivity contribution is -0.136. The van der Waals surface area contributed by atoms with E-state index in [1.165, 1.54) is 6.92 Å². The highest BCUT2D eigenvalue weighted by atomic mass is 32.2. The van der Waals surface area contributed by atoms with Gasteiger partial charge in [0.05, 0.1) is 19.0 Å². The second-order valence-electron chi connectivity index (χ2n) is 3.31. The van der Waals surface area contributed by atoms with Gasteiger partial charge >= 0.3 is 5.97 Å². The third-order valence-corrected chi connectivity index (χ3v) is 4.17. The summed E-state index contributed by atoms with van der Waals surface area (Å²) in [7, 11) is -2.02. The Hall–Kier alpha value is -0.660. The van der Waals surface area contributed by atoms with Crippen LogP contribution >= 0.6 is 0 Å². The van der Waals surface area contributed by atoms with Crippen LogP contribution in [0.4, 0.5) is 0 Å². The molecule has 0 spiro atoms. The zero-order valence-corrected chi connectivity index (χ0v) is 10.3. The van der Waals surface area contributed by atoms with Gasteiger partial charge in [-0.05, 0) is 13.3 Å². The first-order valence-electron chi connectivity index (χ1n) is 4.93. The van der Waals surface area contributed by atoms with E-state index in [1.54, 1.807) is 7.11 Å². The number of carbonyl (C=O) groups is 1. The van der Waals surface area contributed by atoms with Gasteiger partial charge in [0.1, 0.15) is 0 Å². The van der Waals surface area contributed by atoms with E-state index >= 15 is 0 Å². The van der Waals surface area contributed by atoms with Crippen molar-refractivity contribution in [2.75, 3.05) is 32.7 Å². The van der Waals surface area contributed by atoms with Gasteiger partial charge in [0, 0.05) is 13.7 Å². The largest absolute Gasteiger partial charge is 0.480 e. The molecule has 0 aliphatic heterocycles. The molecule has 0 aliphatic carbocycles. The van der Waals surface area contributed by atoms with E-state index in [4.69, 9.17) is 14.6 Å². The molecule has 0 fully saturated rings. The van der Waals surface area contributed by atoms with Crippen LogP contribution in [0.25, 0.3) is 0 Å². The van der Waals surface area contributed by atoms with Crippen molar-refractivity contribution >= 4 is 15.8 Å². The van der Waals surface area contributed by atoms with Crippen LogP contribution in [-0.4, -0.2) is 57.4 Å². The Morgan fingerprint density at radius 1 is 1.31 bits per heavy atom. The summed E-state index contributed by atoms with van der Waals surface area (Å²) in [6.07, 6.45) is 0.295. The lowest BCUT2D eigenvalue weighted by Gasteiger charge is -2.08. The minimum atomic E-state index is -3.56. The number of rotatable bonds is 9. The molecule has 0 aromatic rings. The molecule has 1 unspecified atom stereocenters. The van der Waals surface area contributed by atoms with E-state index in [0.29, 0.717) is 19.6 Å². The number of ether oxygens (including phenoxy) is 2. The third kappa shape index (κ3) is 6.04. The van der Waals surface area contributed by atoms with Gasteiger partial charge < -0.3 is 14.6 Å². The standard InChI is InChI=1S/C9H18O6S/c1-8(9(10)11)16(12,13)7-3-4-15-6-5-14-2/h8H,3-7H2,1-2H3,(H,10,11). The topological polar surface area (TPSA) is 89.9 Å². The fourth-order valence-electron chi connectivity index (χ4n) is 0.937. The van der Waals surface area contributed by atoms with Gasteiger partial charge in [-0.2, -0.15) is 0 Å². The molecule has 0 heterocycles. The molecule has 0 rings (SSSR count). The van der Waals surface area contributed by atoms with Gasteiger partial charge in [0.2, 0.25) is 0 Å². The van der Waals surface area contributed by atoms with Gasteiger partial charge in [0.15, 0.2) is 15.1 Å². The Labute approximate surface area is 95.5 Å². The van der Waals surface area contributed by atoms with E-state index in [1.807, 2.05) is 0 Å². The van der Waals surface area contributed by atoms with Crippen LogP contribution in [0.3, 0.4) is 0 Å². The maximum atomic E-state index is 11.4. The van der Waals surface area contributed by atoms with Crippen LogP contribution in [0.1, 0.15) is 13.3 Å². The normalized spacial score (nSPS) is 13.6. The number of sulfone groups is 1. The van der Waals surface area contributed by atoms with Crippen molar-refractivity contribution in [1.29, 1.82) is 0 Å². The van der Waals surface area contributed by atoms with E-state index in [0.717, 1.165) is 0 Å². The van der Waals surface area contributed by atoms with Gasteiger partial charge in [0.25, 0.3) is 0 Å². The minimum Gasteiger partial charge on any atom is -0.480 e. The van der Waals surface area contributed by atoms with Crippen LogP contribution in [0, 0.1) is 0 Å². The molecule has 0 saturated heterocycles. The van der Waals surface area contributed by atoms with Gasteiger partial charge in [-0.3, -0.25) is 4.79 Å². The molecular formula is C9H18O6S. The van der Waals surface area contributed by atoms with Crippen molar-refractivity contribution in [3.63, 3.8) is 0 Å². The van der Waals surface area contributed by atoms with Crippen molar-refractivity contribution in [2.45, 2.75) is 18.6 Å². The quantitative estimate of drug-likeness (QED) is 0.579. The average molecular weight is 254 g/mol. The van der Waals surface area contributed by atoms with Crippen LogP contribution in [-0.2, 0) is 24.1 Å². The Bertz CT molecular complexity index is 297. The maximum absolute atomic E-state index is 11.4. The van der Waals surface area contributed by atoms with Crippen molar-refractivity contribution in [1.82, 2.24) is 0 Å². The Morgan fingerprint density at radius 2 is 1.94 bits per heavy atom. The summed E-state index contributed by atoms with van der Waals surface area (Å²) in [5.41, 5.74) is 0. The Balaban J connectivity index is 3.79. The molecule has 1 N–H and O–H groups in total. The molecule has 0 radical (unpaired) electrons. The average Bonchev–Trinajstić information content (AvgIpc) is 2.22. The fourth-order valence-corrected chi connectivity index (χ4v) is 2.12. The number of aliphatic carboxylic acids is 1. The van der Waals surface area contributed by atoms with Crippen LogP contribution < -0.4 is 0 Å². The predicted octanol–water partition coefficient (Wildman–Crippen LogP) is -0.0726. The second kappa shape index (κ2) is 7.59. The van der Waals surface area contributed by atoms with Crippen molar-refractivity contribution < 1.29 is 27.8 Å². The fraction of sp³-hybridized carbons (Fsp3) is 0.889. The molecule has 0 aromatic heterocycles. The van der Waals surface area contributed by atoms with E-state index < -0.39 is 21.1 Å². The number of carboxylic acid groups (broad SMARTS) is 1. The first-order chi connectivity index (χ1) is 7.41. The molecule has 16 heavy (non-hydrogen) atoms. The highest BCUT2D eigenvalue weighted by Crippen LogP contribution is 2.04. The molecule has 0 aromatic carbocycles. The van der Waals surface area contributed by atoms with E-state index in [2.05, 4.69) is 0 Å². The first-order valence-corrected chi connectivity index (χ1v) is 6.64. The number of hydrogen-bond donors (Lipinski definition) is 1. The summed E-state index contributed by atoms with van der Waals surface area (Å²) < 4.78 is 32.6. The third-order valence-electron chi connectivity index (χ3n) is 2.04. The number of carboxylic acids is 1. The molecule has 0 bridgehead atoms. The maximum Gasteiger partial charge on any atom is 0.321 e. The molecule has 0 amide bonds. The Kier molecular flexibility index (Phi) is 7.27. The Morgan fingerprint density at radius 3 is 2.44 bits per heavy atom. The molecule has 96 valence electrons. The smallest absolute Gasteiger partial charge is 0.321 e. The lowest BCUT2D eigenvalue weighted by Crippen LogP contribution is -2.29. The van der Waals surface area contributed by atoms with Gasteiger partial charge in [-0.1, -0.05) is 0 Å². The van der Waals surface area contributed by atoms with Crippen LogP contribution in [0.2, 0.25) is 0 Å². The zero-order valence-electron chi connectivity index (χ0n) is 9.51. The summed E-state index contributed by atoms with van der Waals surface area (Å²) in [6, 6.07) is 0. The van der Waals surface area contributed by atoms with Gasteiger partial charge in [-0.15, -0.1) is 0 Å². The predicted molar refractivity (Wildman–Crippen MR) is 58.2 cm³/mol. The van der Waals surface area contributed by atoms with Crippen molar-refractivity contribution in [3.05, 3.63) is 0 Å².